The Bertz CT molecular complexity index is 768. The van der Waals surface area contributed by atoms with Crippen LogP contribution in [0.1, 0.15) is 13.8 Å². The zero-order chi connectivity index (χ0) is 18.1. The second kappa shape index (κ2) is 6.76. The lowest BCUT2D eigenvalue weighted by Gasteiger charge is -2.32. The third-order valence-electron chi connectivity index (χ3n) is 3.76. The molecule has 1 N–H and O–H groups in total. The molecule has 0 radical (unpaired) electrons. The maximum atomic E-state index is 12.6. The van der Waals surface area contributed by atoms with Crippen LogP contribution < -0.4 is 9.46 Å². The van der Waals surface area contributed by atoms with Gasteiger partial charge in [-0.3, -0.25) is 0 Å². The van der Waals surface area contributed by atoms with Gasteiger partial charge in [0.25, 0.3) is 0 Å². The number of nitrogens with one attached hydrogen (secondary N) is 1. The highest BCUT2D eigenvalue weighted by Gasteiger charge is 2.27. The molecule has 23 heavy (non-hydrogen) atoms. The van der Waals surface area contributed by atoms with E-state index in [1.807, 2.05) is 32.8 Å². The molecule has 132 valence electrons. The van der Waals surface area contributed by atoms with Gasteiger partial charge >= 0.3 is 0 Å². The van der Waals surface area contributed by atoms with E-state index < -0.39 is 25.4 Å². The summed E-state index contributed by atoms with van der Waals surface area (Å²) in [5, 5.41) is 0. The summed E-state index contributed by atoms with van der Waals surface area (Å²) in [6.45, 7) is 3.94. The van der Waals surface area contributed by atoms with Crippen molar-refractivity contribution in [2.24, 2.45) is 0 Å². The van der Waals surface area contributed by atoms with Gasteiger partial charge in [0.2, 0.25) is 10.0 Å². The van der Waals surface area contributed by atoms with Gasteiger partial charge in [-0.1, -0.05) is 0 Å². The van der Waals surface area contributed by atoms with Crippen molar-refractivity contribution in [3.8, 4) is 5.75 Å². The van der Waals surface area contributed by atoms with E-state index in [0.29, 0.717) is 0 Å². The molecule has 0 saturated heterocycles. The highest BCUT2D eigenvalue weighted by Crippen LogP contribution is 2.27. The largest absolute Gasteiger partial charge is 0.495 e. The van der Waals surface area contributed by atoms with E-state index in [1.54, 1.807) is 0 Å². The zero-order valence-corrected chi connectivity index (χ0v) is 15.9. The van der Waals surface area contributed by atoms with Crippen LogP contribution in [0.2, 0.25) is 0 Å². The molecule has 0 fully saturated rings. The van der Waals surface area contributed by atoms with Crippen molar-refractivity contribution in [1.82, 2.24) is 9.62 Å². The van der Waals surface area contributed by atoms with Crippen LogP contribution in [0.4, 0.5) is 0 Å². The summed E-state index contributed by atoms with van der Waals surface area (Å²) in [4.78, 5) is 1.61. The van der Waals surface area contributed by atoms with Crippen molar-refractivity contribution in [1.29, 1.82) is 0 Å². The Balaban J connectivity index is 3.27. The van der Waals surface area contributed by atoms with E-state index in [-0.39, 0.29) is 22.1 Å². The summed E-state index contributed by atoms with van der Waals surface area (Å²) in [6, 6.07) is 3.76. The molecule has 1 rings (SSSR count). The van der Waals surface area contributed by atoms with Crippen LogP contribution in [0.25, 0.3) is 0 Å². The number of ether oxygens (including phenoxy) is 1. The SMILES string of the molecule is COc1ccc(S(C)(=O)=O)cc1S(=O)(=O)NCC(C)(C)N(C)C. The summed E-state index contributed by atoms with van der Waals surface area (Å²) < 4.78 is 56.0. The standard InChI is InChI=1S/C14H24N2O5S2/c1-14(2,16(3)4)10-15-23(19,20)13-9-11(22(6,17)18)7-8-12(13)21-5/h7-9,15H,10H2,1-6H3. The molecule has 0 aliphatic heterocycles. The normalized spacial score (nSPS) is 13.3. The molecule has 0 spiro atoms. The van der Waals surface area contributed by atoms with Crippen LogP contribution in [-0.2, 0) is 19.9 Å². The number of hydrogen-bond acceptors (Lipinski definition) is 6. The van der Waals surface area contributed by atoms with E-state index in [9.17, 15) is 16.8 Å². The number of methoxy groups -OCH3 is 1. The minimum atomic E-state index is -3.92. The average molecular weight is 364 g/mol. The van der Waals surface area contributed by atoms with Crippen molar-refractivity contribution < 1.29 is 21.6 Å². The van der Waals surface area contributed by atoms with Crippen molar-refractivity contribution in [2.75, 3.05) is 34.0 Å². The molecule has 9 heteroatoms. The number of likely N-dealkylation sites (N-methyl/N-ethyl adjacent to an activating group) is 1. The molecule has 7 nitrogen and oxygen atoms in total. The molecule has 0 unspecified atom stereocenters. The smallest absolute Gasteiger partial charge is 0.244 e. The lowest BCUT2D eigenvalue weighted by Crippen LogP contribution is -2.48. The number of sulfone groups is 1. The summed E-state index contributed by atoms with van der Waals surface area (Å²) in [5.74, 6) is 0.0903. The number of sulfonamides is 1. The molecular formula is C14H24N2O5S2. The van der Waals surface area contributed by atoms with E-state index in [1.165, 1.54) is 19.2 Å². The predicted molar refractivity (Wildman–Crippen MR) is 89.1 cm³/mol. The Labute approximate surface area is 138 Å². The van der Waals surface area contributed by atoms with Crippen LogP contribution >= 0.6 is 0 Å². The minimum absolute atomic E-state index is 0.0782. The topological polar surface area (TPSA) is 92.8 Å². The van der Waals surface area contributed by atoms with Crippen LogP contribution in [0, 0.1) is 0 Å². The quantitative estimate of drug-likeness (QED) is 0.766. The van der Waals surface area contributed by atoms with E-state index in [4.69, 9.17) is 4.74 Å². The summed E-state index contributed by atoms with van der Waals surface area (Å²) >= 11 is 0. The maximum Gasteiger partial charge on any atom is 0.244 e. The van der Waals surface area contributed by atoms with Gasteiger partial charge in [0.15, 0.2) is 9.84 Å². The third kappa shape index (κ3) is 4.90. The fourth-order valence-corrected chi connectivity index (χ4v) is 3.72. The van der Waals surface area contributed by atoms with E-state index in [2.05, 4.69) is 4.72 Å². The van der Waals surface area contributed by atoms with Crippen LogP contribution in [0.3, 0.4) is 0 Å². The average Bonchev–Trinajstić information content (AvgIpc) is 2.43. The highest BCUT2D eigenvalue weighted by molar-refractivity contribution is 7.91. The Morgan fingerprint density at radius 2 is 1.74 bits per heavy atom. The Morgan fingerprint density at radius 3 is 2.17 bits per heavy atom. The second-order valence-corrected chi connectivity index (χ2v) is 9.87. The van der Waals surface area contributed by atoms with Crippen molar-refractivity contribution >= 4 is 19.9 Å². The van der Waals surface area contributed by atoms with E-state index >= 15 is 0 Å². The lowest BCUT2D eigenvalue weighted by atomic mass is 10.1. The molecule has 0 aliphatic rings. The molecule has 0 atom stereocenters. The van der Waals surface area contributed by atoms with Gasteiger partial charge in [-0.15, -0.1) is 0 Å². The van der Waals surface area contributed by atoms with Gasteiger partial charge in [-0.2, -0.15) is 0 Å². The Kier molecular flexibility index (Phi) is 5.84. The van der Waals surface area contributed by atoms with Gasteiger partial charge in [-0.05, 0) is 46.1 Å². The van der Waals surface area contributed by atoms with Crippen molar-refractivity contribution in [3.05, 3.63) is 18.2 Å². The molecule has 0 heterocycles. The molecule has 0 amide bonds. The predicted octanol–water partition coefficient (Wildman–Crippen LogP) is 0.717. The fourth-order valence-electron chi connectivity index (χ4n) is 1.61. The first kappa shape index (κ1) is 19.9. The number of benzene rings is 1. The van der Waals surface area contributed by atoms with Crippen molar-refractivity contribution in [3.63, 3.8) is 0 Å². The highest BCUT2D eigenvalue weighted by atomic mass is 32.2. The first-order chi connectivity index (χ1) is 10.3. The molecule has 0 aliphatic carbocycles. The lowest BCUT2D eigenvalue weighted by molar-refractivity contribution is 0.199. The summed E-state index contributed by atoms with van der Waals surface area (Å²) in [6.07, 6.45) is 1.02. The van der Waals surface area contributed by atoms with Crippen molar-refractivity contribution in [2.45, 2.75) is 29.2 Å². The van der Waals surface area contributed by atoms with Gasteiger partial charge in [0, 0.05) is 18.3 Å². The molecule has 0 aromatic heterocycles. The third-order valence-corrected chi connectivity index (χ3v) is 6.29. The van der Waals surface area contributed by atoms with Gasteiger partial charge < -0.3 is 9.64 Å². The molecule has 1 aromatic rings. The van der Waals surface area contributed by atoms with Gasteiger partial charge in [-0.25, -0.2) is 21.6 Å². The van der Waals surface area contributed by atoms with Crippen LogP contribution in [0.5, 0.6) is 5.75 Å². The molecule has 0 bridgehead atoms. The van der Waals surface area contributed by atoms with Gasteiger partial charge in [0.05, 0.1) is 12.0 Å². The fraction of sp³-hybridized carbons (Fsp3) is 0.571. The number of nitrogens with zero attached hydrogens (tertiary/aromatic N) is 1. The minimum Gasteiger partial charge on any atom is -0.495 e. The first-order valence-electron chi connectivity index (χ1n) is 6.86. The Morgan fingerprint density at radius 1 is 1.17 bits per heavy atom. The summed E-state index contributed by atoms with van der Waals surface area (Å²) in [7, 11) is -2.42. The molecule has 1 aromatic carbocycles. The zero-order valence-electron chi connectivity index (χ0n) is 14.2. The first-order valence-corrected chi connectivity index (χ1v) is 10.2. The van der Waals surface area contributed by atoms with Crippen LogP contribution in [0.15, 0.2) is 28.0 Å². The molecule has 0 saturated carbocycles. The Hall–Kier alpha value is -1.16. The summed E-state index contributed by atoms with van der Waals surface area (Å²) in [5.41, 5.74) is -0.408. The van der Waals surface area contributed by atoms with E-state index in [0.717, 1.165) is 12.3 Å². The van der Waals surface area contributed by atoms with Gasteiger partial charge in [0.1, 0.15) is 10.6 Å². The number of hydrogen-bond donors (Lipinski definition) is 1. The van der Waals surface area contributed by atoms with Crippen LogP contribution in [-0.4, -0.2) is 61.3 Å². The second-order valence-electron chi connectivity index (χ2n) is 6.12. The monoisotopic (exact) mass is 364 g/mol. The number of rotatable bonds is 7. The molecular weight excluding hydrogens is 340 g/mol. The maximum absolute atomic E-state index is 12.6.